The first-order valence-corrected chi connectivity index (χ1v) is 8.10. The van der Waals surface area contributed by atoms with E-state index in [1.54, 1.807) is 0 Å². The van der Waals surface area contributed by atoms with Crippen LogP contribution in [-0.4, -0.2) is 0 Å². The molecule has 0 aliphatic carbocycles. The van der Waals surface area contributed by atoms with E-state index in [1.165, 1.54) is 0 Å². The first-order chi connectivity index (χ1) is 9.84. The molecule has 2 aromatic carbocycles. The van der Waals surface area contributed by atoms with Crippen molar-refractivity contribution in [1.82, 2.24) is 0 Å². The fourth-order valence-electron chi connectivity index (χ4n) is 1.19. The van der Waals surface area contributed by atoms with Gasteiger partial charge in [-0.05, 0) is 24.3 Å². The Hall–Kier alpha value is -1.57. The molecular formula is C16H24NO2P. The summed E-state index contributed by atoms with van der Waals surface area (Å²) in [6.07, 6.45) is 0. The van der Waals surface area contributed by atoms with Crippen LogP contribution in [0.25, 0.3) is 0 Å². The third kappa shape index (κ3) is 7.78. The second-order valence-electron chi connectivity index (χ2n) is 3.09. The van der Waals surface area contributed by atoms with Gasteiger partial charge in [0.15, 0.2) is 0 Å². The standard InChI is InChI=1S/C12H12NO2P.2C2H6/c13-16(14-11-7-3-1-4-8-11)15-12-9-5-2-6-10-12;2*1-2/h1-10H,13H2;2*1-2H3. The molecule has 3 nitrogen and oxygen atoms in total. The Labute approximate surface area is 123 Å². The summed E-state index contributed by atoms with van der Waals surface area (Å²) in [5, 5.41) is 0. The van der Waals surface area contributed by atoms with E-state index in [4.69, 9.17) is 14.6 Å². The second-order valence-corrected chi connectivity index (χ2v) is 4.03. The van der Waals surface area contributed by atoms with Crippen LogP contribution in [0.3, 0.4) is 0 Å². The van der Waals surface area contributed by atoms with E-state index in [2.05, 4.69) is 0 Å². The van der Waals surface area contributed by atoms with Gasteiger partial charge < -0.3 is 9.05 Å². The molecule has 0 bridgehead atoms. The van der Waals surface area contributed by atoms with E-state index >= 15 is 0 Å². The van der Waals surface area contributed by atoms with Gasteiger partial charge in [0.25, 0.3) is 0 Å². The SMILES string of the molecule is CC.CC.NP(Oc1ccccc1)Oc1ccccc1. The van der Waals surface area contributed by atoms with Gasteiger partial charge in [0.1, 0.15) is 11.5 Å². The predicted octanol–water partition coefficient (Wildman–Crippen LogP) is 5.38. The van der Waals surface area contributed by atoms with E-state index in [0.29, 0.717) is 11.5 Å². The molecule has 4 heteroatoms. The maximum atomic E-state index is 5.76. The smallest absolute Gasteiger partial charge is 0.378 e. The van der Waals surface area contributed by atoms with Crippen molar-refractivity contribution in [3.8, 4) is 11.5 Å². The molecule has 0 fully saturated rings. The molecule has 0 spiro atoms. The van der Waals surface area contributed by atoms with Crippen molar-refractivity contribution in [2.45, 2.75) is 27.7 Å². The molecule has 0 aliphatic heterocycles. The lowest BCUT2D eigenvalue weighted by atomic mass is 10.3. The highest BCUT2D eigenvalue weighted by Gasteiger charge is 2.07. The van der Waals surface area contributed by atoms with E-state index in [1.807, 2.05) is 88.4 Å². The third-order valence-corrected chi connectivity index (χ3v) is 2.66. The van der Waals surface area contributed by atoms with Crippen molar-refractivity contribution < 1.29 is 9.05 Å². The molecule has 2 rings (SSSR count). The van der Waals surface area contributed by atoms with Gasteiger partial charge >= 0.3 is 8.53 Å². The van der Waals surface area contributed by atoms with Crippen LogP contribution in [0.15, 0.2) is 60.7 Å². The quantitative estimate of drug-likeness (QED) is 0.769. The van der Waals surface area contributed by atoms with Gasteiger partial charge in [-0.3, -0.25) is 0 Å². The summed E-state index contributed by atoms with van der Waals surface area (Å²) in [6, 6.07) is 18.8. The van der Waals surface area contributed by atoms with Crippen LogP contribution >= 0.6 is 8.53 Å². The largest absolute Gasteiger partial charge is 0.427 e. The molecule has 0 aliphatic rings. The van der Waals surface area contributed by atoms with Crippen LogP contribution in [0, 0.1) is 0 Å². The van der Waals surface area contributed by atoms with Crippen LogP contribution in [0.2, 0.25) is 0 Å². The first-order valence-electron chi connectivity index (χ1n) is 6.85. The van der Waals surface area contributed by atoms with Gasteiger partial charge in [0, 0.05) is 0 Å². The fraction of sp³-hybridized carbons (Fsp3) is 0.250. The minimum atomic E-state index is -1.43. The molecule has 0 aromatic heterocycles. The molecule has 0 unspecified atom stereocenters. The van der Waals surface area contributed by atoms with Gasteiger partial charge in [-0.25, -0.2) is 5.50 Å². The van der Waals surface area contributed by atoms with E-state index < -0.39 is 8.53 Å². The number of rotatable bonds is 4. The Balaban J connectivity index is 0.000000829. The van der Waals surface area contributed by atoms with Crippen LogP contribution in [0.1, 0.15) is 27.7 Å². The molecule has 20 heavy (non-hydrogen) atoms. The molecule has 0 heterocycles. The Morgan fingerprint density at radius 2 is 0.950 bits per heavy atom. The molecule has 0 radical (unpaired) electrons. The summed E-state index contributed by atoms with van der Waals surface area (Å²) in [4.78, 5) is 0. The predicted molar refractivity (Wildman–Crippen MR) is 87.9 cm³/mol. The monoisotopic (exact) mass is 293 g/mol. The lowest BCUT2D eigenvalue weighted by molar-refractivity contribution is 0.491. The fourth-order valence-corrected chi connectivity index (χ4v) is 1.89. The van der Waals surface area contributed by atoms with Crippen molar-refractivity contribution in [2.75, 3.05) is 0 Å². The highest BCUT2D eigenvalue weighted by atomic mass is 31.2. The summed E-state index contributed by atoms with van der Waals surface area (Å²) < 4.78 is 10.9. The number of benzene rings is 2. The minimum absolute atomic E-state index is 0.715. The lowest BCUT2D eigenvalue weighted by Gasteiger charge is -2.13. The Bertz CT molecular complexity index is 382. The lowest BCUT2D eigenvalue weighted by Crippen LogP contribution is -2.03. The molecule has 0 amide bonds. The average molecular weight is 293 g/mol. The summed E-state index contributed by atoms with van der Waals surface area (Å²) in [5.74, 6) is 1.43. The molecular weight excluding hydrogens is 269 g/mol. The van der Waals surface area contributed by atoms with Crippen molar-refractivity contribution in [3.63, 3.8) is 0 Å². The Morgan fingerprint density at radius 3 is 1.25 bits per heavy atom. The van der Waals surface area contributed by atoms with E-state index in [9.17, 15) is 0 Å². The van der Waals surface area contributed by atoms with E-state index in [-0.39, 0.29) is 0 Å². The van der Waals surface area contributed by atoms with Crippen molar-refractivity contribution in [2.24, 2.45) is 5.50 Å². The van der Waals surface area contributed by atoms with Crippen molar-refractivity contribution in [1.29, 1.82) is 0 Å². The van der Waals surface area contributed by atoms with Crippen molar-refractivity contribution >= 4 is 8.53 Å². The van der Waals surface area contributed by atoms with Gasteiger partial charge in [0.05, 0.1) is 0 Å². The van der Waals surface area contributed by atoms with Gasteiger partial charge in [-0.15, -0.1) is 0 Å². The number of para-hydroxylation sites is 2. The van der Waals surface area contributed by atoms with Crippen LogP contribution in [0.4, 0.5) is 0 Å². The van der Waals surface area contributed by atoms with Gasteiger partial charge in [0.2, 0.25) is 0 Å². The zero-order chi connectivity index (χ0) is 15.2. The first kappa shape index (κ1) is 18.4. The van der Waals surface area contributed by atoms with E-state index in [0.717, 1.165) is 0 Å². The molecule has 2 N–H and O–H groups in total. The summed E-state index contributed by atoms with van der Waals surface area (Å²) in [6.45, 7) is 8.00. The Morgan fingerprint density at radius 1 is 0.650 bits per heavy atom. The highest BCUT2D eigenvalue weighted by molar-refractivity contribution is 7.45. The maximum Gasteiger partial charge on any atom is 0.378 e. The number of hydrogen-bond acceptors (Lipinski definition) is 3. The highest BCUT2D eigenvalue weighted by Crippen LogP contribution is 2.32. The molecule has 0 saturated heterocycles. The summed E-state index contributed by atoms with van der Waals surface area (Å²) in [7, 11) is -1.43. The van der Waals surface area contributed by atoms with Gasteiger partial charge in [-0.1, -0.05) is 64.1 Å². The zero-order valence-corrected chi connectivity index (χ0v) is 13.5. The average Bonchev–Trinajstić information content (AvgIpc) is 2.53. The topological polar surface area (TPSA) is 44.5 Å². The normalized spacial score (nSPS) is 8.70. The molecule has 0 saturated carbocycles. The summed E-state index contributed by atoms with van der Waals surface area (Å²) in [5.41, 5.74) is 5.76. The van der Waals surface area contributed by atoms with Crippen LogP contribution in [-0.2, 0) is 0 Å². The molecule has 2 aromatic rings. The number of nitrogens with two attached hydrogens (primary N) is 1. The Kier molecular flexibility index (Phi) is 11.5. The zero-order valence-electron chi connectivity index (χ0n) is 12.6. The minimum Gasteiger partial charge on any atom is -0.427 e. The van der Waals surface area contributed by atoms with Crippen LogP contribution in [0.5, 0.6) is 11.5 Å². The molecule has 0 atom stereocenters. The molecule has 110 valence electrons. The van der Waals surface area contributed by atoms with Gasteiger partial charge in [-0.2, -0.15) is 0 Å². The summed E-state index contributed by atoms with van der Waals surface area (Å²) >= 11 is 0. The second kappa shape index (κ2) is 12.5. The van der Waals surface area contributed by atoms with Crippen LogP contribution < -0.4 is 14.6 Å². The maximum absolute atomic E-state index is 5.76. The number of hydrogen-bond donors (Lipinski definition) is 1. The third-order valence-electron chi connectivity index (χ3n) is 1.88. The van der Waals surface area contributed by atoms with Crippen molar-refractivity contribution in [3.05, 3.63) is 60.7 Å².